The number of ether oxygens (including phenoxy) is 1. The van der Waals surface area contributed by atoms with Crippen LogP contribution in [-0.2, 0) is 4.74 Å². The third kappa shape index (κ3) is 11.9. The van der Waals surface area contributed by atoms with Crippen molar-refractivity contribution in [1.82, 2.24) is 0 Å². The zero-order valence-corrected chi connectivity index (χ0v) is 16.6. The molecule has 1 atom stereocenters. The normalized spacial score (nSPS) is 12.0. The molecule has 0 bridgehead atoms. The number of hydrogen-bond donors (Lipinski definition) is 1. The van der Waals surface area contributed by atoms with E-state index >= 15 is 0 Å². The summed E-state index contributed by atoms with van der Waals surface area (Å²) < 4.78 is 4.53. The Morgan fingerprint density at radius 1 is 0.846 bits per heavy atom. The highest BCUT2D eigenvalue weighted by Gasteiger charge is 2.10. The van der Waals surface area contributed by atoms with Gasteiger partial charge in [-0.25, -0.2) is 4.79 Å². The fourth-order valence-electron chi connectivity index (χ4n) is 3.56. The predicted octanol–water partition coefficient (Wildman–Crippen LogP) is 7.56. The Balaban J connectivity index is 2.17. The molecular formula is C23H38O3. The molecule has 1 N–H and O–H groups in total. The van der Waals surface area contributed by atoms with Crippen LogP contribution >= 0.6 is 0 Å². The Morgan fingerprint density at radius 3 is 1.96 bits per heavy atom. The lowest BCUT2D eigenvalue weighted by atomic mass is 9.88. The van der Waals surface area contributed by atoms with Gasteiger partial charge in [-0.1, -0.05) is 101 Å². The van der Waals surface area contributed by atoms with Gasteiger partial charge in [0.15, 0.2) is 0 Å². The van der Waals surface area contributed by atoms with Crippen LogP contribution in [0.4, 0.5) is 4.79 Å². The van der Waals surface area contributed by atoms with E-state index in [-0.39, 0.29) is 0 Å². The van der Waals surface area contributed by atoms with Crippen molar-refractivity contribution < 1.29 is 14.6 Å². The lowest BCUT2D eigenvalue weighted by Crippen LogP contribution is -2.01. The molecule has 0 spiro atoms. The quantitative estimate of drug-likeness (QED) is 0.244. The first kappa shape index (κ1) is 22.5. The van der Waals surface area contributed by atoms with Gasteiger partial charge in [-0.15, -0.1) is 0 Å². The second kappa shape index (κ2) is 15.7. The summed E-state index contributed by atoms with van der Waals surface area (Å²) in [5.41, 5.74) is 1.51. The fraction of sp³-hybridized carbons (Fsp3) is 0.696. The van der Waals surface area contributed by atoms with Crippen LogP contribution in [0.15, 0.2) is 30.3 Å². The summed E-state index contributed by atoms with van der Waals surface area (Å²) in [5.74, 6) is 0.710. The van der Waals surface area contributed by atoms with Crippen molar-refractivity contribution in [2.45, 2.75) is 96.3 Å². The molecule has 0 aliphatic rings. The number of carboxylic acid groups (broad SMARTS) is 1. The van der Waals surface area contributed by atoms with Crippen LogP contribution in [0.2, 0.25) is 0 Å². The van der Waals surface area contributed by atoms with E-state index in [1.54, 1.807) is 0 Å². The Kier molecular flexibility index (Phi) is 13.6. The first-order valence-electron chi connectivity index (χ1n) is 10.6. The molecule has 148 valence electrons. The molecule has 26 heavy (non-hydrogen) atoms. The maximum atomic E-state index is 10.3. The standard InChI is InChI=1S/C23H38O3/c1-2-3-4-7-11-16-21(22-18-13-10-14-19-22)17-12-8-5-6-9-15-20-26-23(24)25/h10,13-14,18-19,21H,2-9,11-12,15-17,20H2,1H3,(H,24,25). The Morgan fingerprint density at radius 2 is 1.38 bits per heavy atom. The SMILES string of the molecule is CCCCCCCC(CCCCCCCCOC(=O)O)c1ccccc1. The van der Waals surface area contributed by atoms with Crippen LogP contribution in [0.3, 0.4) is 0 Å². The highest BCUT2D eigenvalue weighted by atomic mass is 16.7. The van der Waals surface area contributed by atoms with E-state index in [4.69, 9.17) is 5.11 Å². The largest absolute Gasteiger partial charge is 0.505 e. The van der Waals surface area contributed by atoms with Crippen molar-refractivity contribution in [2.75, 3.05) is 6.61 Å². The first-order chi connectivity index (χ1) is 12.7. The summed E-state index contributed by atoms with van der Waals surface area (Å²) in [6.07, 6.45) is 15.1. The first-order valence-corrected chi connectivity index (χ1v) is 10.6. The molecule has 1 aromatic carbocycles. The topological polar surface area (TPSA) is 46.5 Å². The van der Waals surface area contributed by atoms with Crippen LogP contribution in [0.5, 0.6) is 0 Å². The summed E-state index contributed by atoms with van der Waals surface area (Å²) in [7, 11) is 0. The van der Waals surface area contributed by atoms with Crippen LogP contribution in [0.25, 0.3) is 0 Å². The average molecular weight is 363 g/mol. The van der Waals surface area contributed by atoms with Gasteiger partial charge < -0.3 is 9.84 Å². The Bertz CT molecular complexity index is 444. The van der Waals surface area contributed by atoms with Crippen molar-refractivity contribution >= 4 is 6.16 Å². The van der Waals surface area contributed by atoms with Gasteiger partial charge in [0.1, 0.15) is 0 Å². The second-order valence-corrected chi connectivity index (χ2v) is 7.33. The van der Waals surface area contributed by atoms with Crippen molar-refractivity contribution in [1.29, 1.82) is 0 Å². The summed E-state index contributed by atoms with van der Waals surface area (Å²) in [6.45, 7) is 2.61. The Hall–Kier alpha value is -1.51. The van der Waals surface area contributed by atoms with Crippen molar-refractivity contribution in [2.24, 2.45) is 0 Å². The molecule has 0 heterocycles. The third-order valence-electron chi connectivity index (χ3n) is 5.10. The van der Waals surface area contributed by atoms with E-state index in [2.05, 4.69) is 42.0 Å². The molecule has 3 nitrogen and oxygen atoms in total. The molecule has 1 aromatic rings. The molecule has 0 aliphatic heterocycles. The van der Waals surface area contributed by atoms with E-state index in [0.717, 1.165) is 12.8 Å². The zero-order chi connectivity index (χ0) is 18.9. The van der Waals surface area contributed by atoms with Crippen LogP contribution in [0, 0.1) is 0 Å². The number of hydrogen-bond acceptors (Lipinski definition) is 2. The van der Waals surface area contributed by atoms with Gasteiger partial charge in [-0.3, -0.25) is 0 Å². The Labute approximate surface area is 160 Å². The summed E-state index contributed by atoms with van der Waals surface area (Å²) >= 11 is 0. The van der Waals surface area contributed by atoms with Gasteiger partial charge in [-0.2, -0.15) is 0 Å². The molecule has 0 saturated heterocycles. The number of unbranched alkanes of at least 4 members (excludes halogenated alkanes) is 9. The van der Waals surface area contributed by atoms with Gasteiger partial charge >= 0.3 is 6.16 Å². The predicted molar refractivity (Wildman–Crippen MR) is 109 cm³/mol. The van der Waals surface area contributed by atoms with Gasteiger partial charge in [-0.05, 0) is 30.7 Å². The zero-order valence-electron chi connectivity index (χ0n) is 16.6. The van der Waals surface area contributed by atoms with Gasteiger partial charge in [0.05, 0.1) is 6.61 Å². The van der Waals surface area contributed by atoms with E-state index < -0.39 is 6.16 Å². The lowest BCUT2D eigenvalue weighted by molar-refractivity contribution is 0.0899. The second-order valence-electron chi connectivity index (χ2n) is 7.33. The third-order valence-corrected chi connectivity index (χ3v) is 5.10. The molecule has 0 radical (unpaired) electrons. The fourth-order valence-corrected chi connectivity index (χ4v) is 3.56. The smallest absolute Gasteiger partial charge is 0.450 e. The van der Waals surface area contributed by atoms with Crippen LogP contribution in [0.1, 0.15) is 102 Å². The monoisotopic (exact) mass is 362 g/mol. The average Bonchev–Trinajstić information content (AvgIpc) is 2.65. The maximum Gasteiger partial charge on any atom is 0.505 e. The molecule has 1 unspecified atom stereocenters. The molecule has 0 aromatic heterocycles. The summed E-state index contributed by atoms with van der Waals surface area (Å²) in [6, 6.07) is 11.0. The minimum absolute atomic E-state index is 0.337. The van der Waals surface area contributed by atoms with Crippen molar-refractivity contribution in [3.05, 3.63) is 35.9 Å². The van der Waals surface area contributed by atoms with E-state index in [1.807, 2.05) is 0 Å². The van der Waals surface area contributed by atoms with Crippen LogP contribution in [-0.4, -0.2) is 17.9 Å². The van der Waals surface area contributed by atoms with Crippen molar-refractivity contribution in [3.8, 4) is 0 Å². The number of carbonyl (C=O) groups is 1. The van der Waals surface area contributed by atoms with Crippen LogP contribution < -0.4 is 0 Å². The van der Waals surface area contributed by atoms with Gasteiger partial charge in [0.25, 0.3) is 0 Å². The molecule has 0 saturated carbocycles. The summed E-state index contributed by atoms with van der Waals surface area (Å²) in [4.78, 5) is 10.3. The van der Waals surface area contributed by atoms with Gasteiger partial charge in [0, 0.05) is 0 Å². The number of rotatable bonds is 16. The molecular weight excluding hydrogens is 324 g/mol. The minimum atomic E-state index is -1.16. The highest BCUT2D eigenvalue weighted by molar-refractivity contribution is 5.56. The van der Waals surface area contributed by atoms with E-state index in [1.165, 1.54) is 76.2 Å². The van der Waals surface area contributed by atoms with E-state index in [9.17, 15) is 4.79 Å². The number of benzene rings is 1. The molecule has 3 heteroatoms. The summed E-state index contributed by atoms with van der Waals surface area (Å²) in [5, 5.41) is 8.41. The van der Waals surface area contributed by atoms with Crippen molar-refractivity contribution in [3.63, 3.8) is 0 Å². The van der Waals surface area contributed by atoms with Gasteiger partial charge in [0.2, 0.25) is 0 Å². The highest BCUT2D eigenvalue weighted by Crippen LogP contribution is 2.28. The molecule has 0 fully saturated rings. The lowest BCUT2D eigenvalue weighted by Gasteiger charge is -2.17. The minimum Gasteiger partial charge on any atom is -0.450 e. The van der Waals surface area contributed by atoms with E-state index in [0.29, 0.717) is 12.5 Å². The maximum absolute atomic E-state index is 10.3. The molecule has 0 amide bonds. The molecule has 1 rings (SSSR count). The molecule has 0 aliphatic carbocycles.